The number of nitrogens with zero attached hydrogens (tertiary/aromatic N) is 2. The average molecular weight is 428 g/mol. The van der Waals surface area contributed by atoms with Crippen LogP contribution in [-0.2, 0) is 4.79 Å². The predicted molar refractivity (Wildman–Crippen MR) is 125 cm³/mol. The van der Waals surface area contributed by atoms with Crippen molar-refractivity contribution in [2.24, 2.45) is 0 Å². The number of carbonyl (C=O) groups excluding carboxylic acids is 1. The summed E-state index contributed by atoms with van der Waals surface area (Å²) in [4.78, 5) is 13.1. The van der Waals surface area contributed by atoms with E-state index in [0.717, 1.165) is 11.3 Å². The molecular weight excluding hydrogens is 402 g/mol. The van der Waals surface area contributed by atoms with Gasteiger partial charge in [-0.25, -0.2) is 4.68 Å². The summed E-state index contributed by atoms with van der Waals surface area (Å²) in [7, 11) is 1.63. The maximum absolute atomic E-state index is 13.1. The van der Waals surface area contributed by atoms with Gasteiger partial charge in [-0.15, -0.1) is 0 Å². The first-order chi connectivity index (χ1) is 15.7. The summed E-state index contributed by atoms with van der Waals surface area (Å²) < 4.78 is 13.1. The molecule has 0 radical (unpaired) electrons. The van der Waals surface area contributed by atoms with E-state index in [4.69, 9.17) is 14.6 Å². The van der Waals surface area contributed by atoms with Crippen LogP contribution in [0.2, 0.25) is 0 Å². The van der Waals surface area contributed by atoms with Gasteiger partial charge in [-0.05, 0) is 42.8 Å². The van der Waals surface area contributed by atoms with E-state index in [0.29, 0.717) is 29.4 Å². The zero-order valence-corrected chi connectivity index (χ0v) is 18.1. The van der Waals surface area contributed by atoms with Crippen molar-refractivity contribution in [3.8, 4) is 28.4 Å². The number of amides is 1. The van der Waals surface area contributed by atoms with E-state index < -0.39 is 6.10 Å². The molecule has 0 aliphatic carbocycles. The SMILES string of the molecule is CC[C@@H](Oc1ccccc1)C(=O)Nc1cc(-c2ccccc2OC)nn1-c1ccccc1. The fourth-order valence-corrected chi connectivity index (χ4v) is 3.42. The Morgan fingerprint density at radius 2 is 1.62 bits per heavy atom. The van der Waals surface area contributed by atoms with Crippen LogP contribution in [0.1, 0.15) is 13.3 Å². The first-order valence-electron chi connectivity index (χ1n) is 10.5. The molecule has 0 spiro atoms. The van der Waals surface area contributed by atoms with E-state index in [1.165, 1.54) is 0 Å². The molecule has 1 N–H and O–H groups in total. The molecule has 162 valence electrons. The van der Waals surface area contributed by atoms with Crippen LogP contribution in [0, 0.1) is 0 Å². The van der Waals surface area contributed by atoms with E-state index >= 15 is 0 Å². The van der Waals surface area contributed by atoms with Crippen molar-refractivity contribution < 1.29 is 14.3 Å². The zero-order chi connectivity index (χ0) is 22.3. The molecule has 0 bridgehead atoms. The Hall–Kier alpha value is -4.06. The van der Waals surface area contributed by atoms with Gasteiger partial charge in [-0.2, -0.15) is 5.10 Å². The molecule has 0 aliphatic heterocycles. The summed E-state index contributed by atoms with van der Waals surface area (Å²) >= 11 is 0. The van der Waals surface area contributed by atoms with Gasteiger partial charge < -0.3 is 14.8 Å². The second-order valence-electron chi connectivity index (χ2n) is 7.18. The molecule has 1 atom stereocenters. The summed E-state index contributed by atoms with van der Waals surface area (Å²) in [5, 5.41) is 7.77. The fourth-order valence-electron chi connectivity index (χ4n) is 3.42. The van der Waals surface area contributed by atoms with Gasteiger partial charge in [0.15, 0.2) is 6.10 Å². The predicted octanol–water partition coefficient (Wildman–Crippen LogP) is 5.34. The molecule has 1 aromatic heterocycles. The highest BCUT2D eigenvalue weighted by Crippen LogP contribution is 2.31. The molecule has 6 nitrogen and oxygen atoms in total. The minimum atomic E-state index is -0.633. The van der Waals surface area contributed by atoms with Crippen LogP contribution in [0.15, 0.2) is 91.0 Å². The van der Waals surface area contributed by atoms with Crippen LogP contribution in [0.5, 0.6) is 11.5 Å². The molecular formula is C26H25N3O3. The first kappa shape index (κ1) is 21.2. The maximum atomic E-state index is 13.1. The van der Waals surface area contributed by atoms with E-state index in [2.05, 4.69) is 5.32 Å². The number of carbonyl (C=O) groups is 1. The average Bonchev–Trinajstić information content (AvgIpc) is 3.27. The molecule has 3 aromatic carbocycles. The Balaban J connectivity index is 1.67. The second-order valence-corrected chi connectivity index (χ2v) is 7.18. The normalized spacial score (nSPS) is 11.6. The molecule has 0 saturated carbocycles. The van der Waals surface area contributed by atoms with Gasteiger partial charge in [-0.1, -0.05) is 55.5 Å². The number of anilines is 1. The molecule has 4 rings (SSSR count). The summed E-state index contributed by atoms with van der Waals surface area (Å²) in [6.07, 6.45) is -0.106. The lowest BCUT2D eigenvalue weighted by molar-refractivity contribution is -0.122. The largest absolute Gasteiger partial charge is 0.496 e. The van der Waals surface area contributed by atoms with Crippen LogP contribution < -0.4 is 14.8 Å². The Morgan fingerprint density at radius 3 is 2.31 bits per heavy atom. The number of para-hydroxylation sites is 3. The monoisotopic (exact) mass is 427 g/mol. The van der Waals surface area contributed by atoms with Gasteiger partial charge in [0.2, 0.25) is 0 Å². The molecule has 1 heterocycles. The van der Waals surface area contributed by atoms with Gasteiger partial charge in [0.05, 0.1) is 18.5 Å². The first-order valence-corrected chi connectivity index (χ1v) is 10.5. The van der Waals surface area contributed by atoms with Crippen LogP contribution >= 0.6 is 0 Å². The molecule has 0 saturated heterocycles. The van der Waals surface area contributed by atoms with Crippen molar-refractivity contribution in [3.05, 3.63) is 91.0 Å². The lowest BCUT2D eigenvalue weighted by Gasteiger charge is -2.17. The van der Waals surface area contributed by atoms with Gasteiger partial charge in [0.1, 0.15) is 17.3 Å². The summed E-state index contributed by atoms with van der Waals surface area (Å²) in [5.74, 6) is 1.68. The minimum absolute atomic E-state index is 0.236. The number of hydrogen-bond donors (Lipinski definition) is 1. The van der Waals surface area contributed by atoms with Crippen LogP contribution in [0.4, 0.5) is 5.82 Å². The summed E-state index contributed by atoms with van der Waals surface area (Å²) in [6, 6.07) is 28.5. The van der Waals surface area contributed by atoms with Crippen LogP contribution in [-0.4, -0.2) is 28.9 Å². The maximum Gasteiger partial charge on any atom is 0.266 e. The number of aromatic nitrogens is 2. The number of rotatable bonds is 8. The number of ether oxygens (including phenoxy) is 2. The van der Waals surface area contributed by atoms with E-state index in [1.807, 2.05) is 97.9 Å². The van der Waals surface area contributed by atoms with Crippen LogP contribution in [0.3, 0.4) is 0 Å². The van der Waals surface area contributed by atoms with E-state index in [-0.39, 0.29) is 5.91 Å². The Morgan fingerprint density at radius 1 is 0.969 bits per heavy atom. The van der Waals surface area contributed by atoms with Gasteiger partial charge in [0, 0.05) is 11.6 Å². The third kappa shape index (κ3) is 4.64. The third-order valence-corrected chi connectivity index (χ3v) is 5.03. The van der Waals surface area contributed by atoms with Crippen molar-refractivity contribution in [3.63, 3.8) is 0 Å². The molecule has 4 aromatic rings. The van der Waals surface area contributed by atoms with Gasteiger partial charge in [-0.3, -0.25) is 4.79 Å². The van der Waals surface area contributed by atoms with E-state index in [1.54, 1.807) is 11.8 Å². The molecule has 0 fully saturated rings. The Kier molecular flexibility index (Phi) is 6.51. The highest BCUT2D eigenvalue weighted by Gasteiger charge is 2.22. The van der Waals surface area contributed by atoms with Gasteiger partial charge >= 0.3 is 0 Å². The number of hydrogen-bond acceptors (Lipinski definition) is 4. The molecule has 1 amide bonds. The zero-order valence-electron chi connectivity index (χ0n) is 18.1. The van der Waals surface area contributed by atoms with Crippen molar-refractivity contribution in [2.75, 3.05) is 12.4 Å². The lowest BCUT2D eigenvalue weighted by atomic mass is 10.1. The number of nitrogens with one attached hydrogen (secondary N) is 1. The molecule has 0 unspecified atom stereocenters. The molecule has 6 heteroatoms. The number of methoxy groups -OCH3 is 1. The Labute approximate surface area is 187 Å². The summed E-state index contributed by atoms with van der Waals surface area (Å²) in [5.41, 5.74) is 2.37. The number of benzene rings is 3. The van der Waals surface area contributed by atoms with Crippen molar-refractivity contribution >= 4 is 11.7 Å². The van der Waals surface area contributed by atoms with Crippen molar-refractivity contribution in [2.45, 2.75) is 19.4 Å². The highest BCUT2D eigenvalue weighted by molar-refractivity contribution is 5.94. The standard InChI is InChI=1S/C26H25N3O3/c1-3-23(32-20-14-8-5-9-15-20)26(30)27-25-18-22(21-16-10-11-17-24(21)31-2)28-29(25)19-12-6-4-7-13-19/h4-18,23H,3H2,1-2H3,(H,27,30)/t23-/m1/s1. The summed E-state index contributed by atoms with van der Waals surface area (Å²) in [6.45, 7) is 1.92. The topological polar surface area (TPSA) is 65.4 Å². The molecule has 32 heavy (non-hydrogen) atoms. The third-order valence-electron chi connectivity index (χ3n) is 5.03. The second kappa shape index (κ2) is 9.83. The smallest absolute Gasteiger partial charge is 0.266 e. The molecule has 0 aliphatic rings. The van der Waals surface area contributed by atoms with Crippen molar-refractivity contribution in [1.29, 1.82) is 0 Å². The van der Waals surface area contributed by atoms with E-state index in [9.17, 15) is 4.79 Å². The lowest BCUT2D eigenvalue weighted by Crippen LogP contribution is -2.33. The Bertz CT molecular complexity index is 1170. The van der Waals surface area contributed by atoms with Crippen molar-refractivity contribution in [1.82, 2.24) is 9.78 Å². The minimum Gasteiger partial charge on any atom is -0.496 e. The quantitative estimate of drug-likeness (QED) is 0.412. The highest BCUT2D eigenvalue weighted by atomic mass is 16.5. The fraction of sp³-hybridized carbons (Fsp3) is 0.154. The van der Waals surface area contributed by atoms with Crippen LogP contribution in [0.25, 0.3) is 16.9 Å². The van der Waals surface area contributed by atoms with Gasteiger partial charge in [0.25, 0.3) is 5.91 Å².